The summed E-state index contributed by atoms with van der Waals surface area (Å²) in [5, 5.41) is 0. The van der Waals surface area contributed by atoms with Gasteiger partial charge in [-0.2, -0.15) is 0 Å². The second-order valence-electron chi connectivity index (χ2n) is 7.96. The molecule has 0 saturated carbocycles. The molecule has 1 aliphatic rings. The van der Waals surface area contributed by atoms with Crippen LogP contribution in [0.3, 0.4) is 0 Å². The summed E-state index contributed by atoms with van der Waals surface area (Å²) in [6.07, 6.45) is 5.91. The standard InChI is InChI=1S/C23H31N3O/c1-4-25(17-19-12-14-24-15-13-19)21-11-8-16-26(18-21)22(27)23(2,3)20-9-6-5-7-10-20/h5-7,9-10,12-15,21H,4,8,11,16-18H2,1-3H3/t21-/m1/s1. The number of hydrogen-bond acceptors (Lipinski definition) is 3. The van der Waals surface area contributed by atoms with Gasteiger partial charge in [0, 0.05) is 38.1 Å². The van der Waals surface area contributed by atoms with Crippen LogP contribution in [0.2, 0.25) is 0 Å². The second kappa shape index (κ2) is 8.66. The third-order valence-corrected chi connectivity index (χ3v) is 5.77. The van der Waals surface area contributed by atoms with E-state index >= 15 is 0 Å². The van der Waals surface area contributed by atoms with Gasteiger partial charge in [0.05, 0.1) is 5.41 Å². The molecule has 1 aromatic carbocycles. The predicted octanol–water partition coefficient (Wildman–Crippen LogP) is 3.87. The Bertz CT molecular complexity index is 730. The monoisotopic (exact) mass is 365 g/mol. The average Bonchev–Trinajstić information content (AvgIpc) is 2.73. The number of likely N-dealkylation sites (tertiary alicyclic amines) is 1. The number of rotatable bonds is 6. The Morgan fingerprint density at radius 3 is 2.56 bits per heavy atom. The van der Waals surface area contributed by atoms with Gasteiger partial charge >= 0.3 is 0 Å². The Morgan fingerprint density at radius 2 is 1.89 bits per heavy atom. The van der Waals surface area contributed by atoms with Crippen molar-refractivity contribution in [2.75, 3.05) is 19.6 Å². The highest BCUT2D eigenvalue weighted by molar-refractivity contribution is 5.87. The molecule has 1 aliphatic heterocycles. The summed E-state index contributed by atoms with van der Waals surface area (Å²) in [7, 11) is 0. The summed E-state index contributed by atoms with van der Waals surface area (Å²) in [6, 6.07) is 14.7. The molecular formula is C23H31N3O. The van der Waals surface area contributed by atoms with Gasteiger partial charge in [-0.25, -0.2) is 0 Å². The van der Waals surface area contributed by atoms with Crippen LogP contribution in [0, 0.1) is 0 Å². The molecule has 2 heterocycles. The van der Waals surface area contributed by atoms with Gasteiger partial charge in [0.2, 0.25) is 5.91 Å². The Kier molecular flexibility index (Phi) is 6.27. The molecule has 1 aromatic heterocycles. The number of benzene rings is 1. The molecule has 2 aromatic rings. The lowest BCUT2D eigenvalue weighted by Crippen LogP contribution is -2.53. The number of pyridine rings is 1. The van der Waals surface area contributed by atoms with Crippen molar-refractivity contribution < 1.29 is 4.79 Å². The van der Waals surface area contributed by atoms with Gasteiger partial charge in [-0.15, -0.1) is 0 Å². The second-order valence-corrected chi connectivity index (χ2v) is 7.96. The Morgan fingerprint density at radius 1 is 1.19 bits per heavy atom. The SMILES string of the molecule is CCN(Cc1ccncc1)[C@@H]1CCCN(C(=O)C(C)(C)c2ccccc2)C1. The first-order valence-corrected chi connectivity index (χ1v) is 10.00. The molecule has 0 N–H and O–H groups in total. The van der Waals surface area contributed by atoms with Crippen LogP contribution in [0.25, 0.3) is 0 Å². The highest BCUT2D eigenvalue weighted by Crippen LogP contribution is 2.28. The first-order valence-electron chi connectivity index (χ1n) is 10.00. The van der Waals surface area contributed by atoms with Crippen LogP contribution in [0.5, 0.6) is 0 Å². The number of aromatic nitrogens is 1. The van der Waals surface area contributed by atoms with Crippen LogP contribution >= 0.6 is 0 Å². The first-order chi connectivity index (χ1) is 13.0. The van der Waals surface area contributed by atoms with E-state index in [0.717, 1.165) is 44.6 Å². The molecule has 3 rings (SSSR count). The van der Waals surface area contributed by atoms with Crippen molar-refractivity contribution in [3.05, 3.63) is 66.0 Å². The summed E-state index contributed by atoms with van der Waals surface area (Å²) >= 11 is 0. The summed E-state index contributed by atoms with van der Waals surface area (Å²) in [5.41, 5.74) is 1.87. The Labute approximate surface area is 163 Å². The van der Waals surface area contributed by atoms with E-state index in [1.54, 1.807) is 0 Å². The van der Waals surface area contributed by atoms with E-state index < -0.39 is 5.41 Å². The quantitative estimate of drug-likeness (QED) is 0.780. The van der Waals surface area contributed by atoms with Gasteiger partial charge in [0.1, 0.15) is 0 Å². The van der Waals surface area contributed by atoms with Crippen molar-refractivity contribution in [3.8, 4) is 0 Å². The Balaban J connectivity index is 1.70. The van der Waals surface area contributed by atoms with Gasteiger partial charge < -0.3 is 4.90 Å². The zero-order chi connectivity index (χ0) is 19.3. The molecule has 0 aliphatic carbocycles. The number of amides is 1. The van der Waals surface area contributed by atoms with Gasteiger partial charge in [-0.05, 0) is 56.5 Å². The largest absolute Gasteiger partial charge is 0.340 e. The molecule has 0 bridgehead atoms. The molecule has 1 amide bonds. The number of carbonyl (C=O) groups excluding carboxylic acids is 1. The van der Waals surface area contributed by atoms with Gasteiger partial charge in [-0.3, -0.25) is 14.7 Å². The van der Waals surface area contributed by atoms with E-state index in [2.05, 4.69) is 46.0 Å². The molecule has 4 heteroatoms. The van der Waals surface area contributed by atoms with Crippen LogP contribution in [-0.4, -0.2) is 46.4 Å². The number of nitrogens with zero attached hydrogens (tertiary/aromatic N) is 3. The number of likely N-dealkylation sites (N-methyl/N-ethyl adjacent to an activating group) is 1. The number of carbonyl (C=O) groups is 1. The normalized spacial score (nSPS) is 17.9. The van der Waals surface area contributed by atoms with Crippen molar-refractivity contribution in [2.45, 2.75) is 51.6 Å². The highest BCUT2D eigenvalue weighted by Gasteiger charge is 2.36. The average molecular weight is 366 g/mol. The van der Waals surface area contributed by atoms with Crippen LogP contribution in [-0.2, 0) is 16.8 Å². The van der Waals surface area contributed by atoms with E-state index in [0.29, 0.717) is 6.04 Å². The van der Waals surface area contributed by atoms with Crippen LogP contribution < -0.4 is 0 Å². The van der Waals surface area contributed by atoms with E-state index in [-0.39, 0.29) is 5.91 Å². The fraction of sp³-hybridized carbons (Fsp3) is 0.478. The minimum absolute atomic E-state index is 0.235. The summed E-state index contributed by atoms with van der Waals surface area (Å²) < 4.78 is 0. The fourth-order valence-corrected chi connectivity index (χ4v) is 4.03. The smallest absolute Gasteiger partial charge is 0.232 e. The molecule has 27 heavy (non-hydrogen) atoms. The molecular weight excluding hydrogens is 334 g/mol. The molecule has 0 spiro atoms. The maximum absolute atomic E-state index is 13.3. The van der Waals surface area contributed by atoms with E-state index in [1.165, 1.54) is 5.56 Å². The van der Waals surface area contributed by atoms with Crippen molar-refractivity contribution in [1.82, 2.24) is 14.8 Å². The molecule has 4 nitrogen and oxygen atoms in total. The number of piperidine rings is 1. The summed E-state index contributed by atoms with van der Waals surface area (Å²) in [4.78, 5) is 22.0. The molecule has 1 fully saturated rings. The maximum Gasteiger partial charge on any atom is 0.232 e. The van der Waals surface area contributed by atoms with Gasteiger partial charge in [0.25, 0.3) is 0 Å². The van der Waals surface area contributed by atoms with Gasteiger partial charge in [0.15, 0.2) is 0 Å². The molecule has 1 saturated heterocycles. The summed E-state index contributed by atoms with van der Waals surface area (Å²) in [5.74, 6) is 0.235. The van der Waals surface area contributed by atoms with Crippen LogP contribution in [0.4, 0.5) is 0 Å². The molecule has 0 radical (unpaired) electrons. The lowest BCUT2D eigenvalue weighted by molar-refractivity contribution is -0.138. The maximum atomic E-state index is 13.3. The third kappa shape index (κ3) is 4.56. The fourth-order valence-electron chi connectivity index (χ4n) is 4.03. The predicted molar refractivity (Wildman–Crippen MR) is 109 cm³/mol. The molecule has 1 atom stereocenters. The molecule has 144 valence electrons. The zero-order valence-electron chi connectivity index (χ0n) is 16.8. The van der Waals surface area contributed by atoms with Crippen molar-refractivity contribution in [1.29, 1.82) is 0 Å². The van der Waals surface area contributed by atoms with Crippen LogP contribution in [0.1, 0.15) is 44.7 Å². The van der Waals surface area contributed by atoms with E-state index in [1.807, 2.05) is 44.4 Å². The number of hydrogen-bond donors (Lipinski definition) is 0. The Hall–Kier alpha value is -2.20. The van der Waals surface area contributed by atoms with Gasteiger partial charge in [-0.1, -0.05) is 37.3 Å². The third-order valence-electron chi connectivity index (χ3n) is 5.77. The lowest BCUT2D eigenvalue weighted by Gasteiger charge is -2.41. The van der Waals surface area contributed by atoms with Crippen molar-refractivity contribution in [2.24, 2.45) is 0 Å². The zero-order valence-corrected chi connectivity index (χ0v) is 16.8. The minimum atomic E-state index is -0.495. The minimum Gasteiger partial charge on any atom is -0.340 e. The topological polar surface area (TPSA) is 36.4 Å². The van der Waals surface area contributed by atoms with E-state index in [4.69, 9.17) is 0 Å². The van der Waals surface area contributed by atoms with Crippen molar-refractivity contribution in [3.63, 3.8) is 0 Å². The molecule has 0 unspecified atom stereocenters. The van der Waals surface area contributed by atoms with Crippen molar-refractivity contribution >= 4 is 5.91 Å². The first kappa shape index (κ1) is 19.6. The highest BCUT2D eigenvalue weighted by atomic mass is 16.2. The van der Waals surface area contributed by atoms with Crippen LogP contribution in [0.15, 0.2) is 54.9 Å². The summed E-state index contributed by atoms with van der Waals surface area (Å²) in [6.45, 7) is 9.86. The lowest BCUT2D eigenvalue weighted by atomic mass is 9.82. The van der Waals surface area contributed by atoms with E-state index in [9.17, 15) is 4.79 Å².